The molecule has 0 bridgehead atoms. The average molecular weight is 626 g/mol. The van der Waals surface area contributed by atoms with Crippen molar-refractivity contribution in [1.29, 1.82) is 0 Å². The molecule has 0 aliphatic carbocycles. The zero-order chi connectivity index (χ0) is 32.7. The Balaban J connectivity index is 4.55. The average Bonchev–Trinajstić information content (AvgIpc) is 3.00. The SMILES string of the molecule is CCCCCCCCC(=O)OCCCN(CCCOC(=O)CCCCCCCC)C(=O)C=CC(=O)NCCOCCN(C)C. The van der Waals surface area contributed by atoms with Gasteiger partial charge in [-0.3, -0.25) is 19.2 Å². The minimum Gasteiger partial charge on any atom is -0.466 e. The third-order valence-corrected chi connectivity index (χ3v) is 7.06. The molecule has 0 saturated heterocycles. The van der Waals surface area contributed by atoms with Crippen LogP contribution < -0.4 is 5.32 Å². The molecule has 0 saturated carbocycles. The van der Waals surface area contributed by atoms with Gasteiger partial charge >= 0.3 is 11.9 Å². The largest absolute Gasteiger partial charge is 0.466 e. The van der Waals surface area contributed by atoms with E-state index in [0.29, 0.717) is 58.5 Å². The van der Waals surface area contributed by atoms with Crippen LogP contribution in [0.15, 0.2) is 12.2 Å². The first-order valence-corrected chi connectivity index (χ1v) is 17.1. The number of nitrogens with zero attached hydrogens (tertiary/aromatic N) is 2. The van der Waals surface area contributed by atoms with Crippen LogP contribution in [0.3, 0.4) is 0 Å². The van der Waals surface area contributed by atoms with Crippen LogP contribution in [0.4, 0.5) is 0 Å². The Morgan fingerprint density at radius 1 is 0.591 bits per heavy atom. The van der Waals surface area contributed by atoms with E-state index in [4.69, 9.17) is 14.2 Å². The standard InChI is InChI=1S/C34H63N3O7/c1-5-7-9-11-13-15-19-33(40)43-27-17-24-37(25-18-28-44-34(41)20-16-14-12-10-8-6-2)32(39)22-21-31(38)35-23-29-42-30-26-36(3)4/h21-22H,5-20,23-30H2,1-4H3,(H,35,38). The molecule has 0 aromatic carbocycles. The Bertz CT molecular complexity index is 738. The van der Waals surface area contributed by atoms with E-state index >= 15 is 0 Å². The van der Waals surface area contributed by atoms with Crippen molar-refractivity contribution in [3.63, 3.8) is 0 Å². The second kappa shape index (κ2) is 30.6. The summed E-state index contributed by atoms with van der Waals surface area (Å²) < 4.78 is 16.2. The maximum Gasteiger partial charge on any atom is 0.305 e. The predicted octanol–water partition coefficient (Wildman–Crippen LogP) is 5.43. The lowest BCUT2D eigenvalue weighted by Crippen LogP contribution is -2.33. The summed E-state index contributed by atoms with van der Waals surface area (Å²) in [6.07, 6.45) is 17.5. The summed E-state index contributed by atoms with van der Waals surface area (Å²) in [5, 5.41) is 2.71. The summed E-state index contributed by atoms with van der Waals surface area (Å²) in [7, 11) is 3.92. The third-order valence-electron chi connectivity index (χ3n) is 7.06. The number of ether oxygens (including phenoxy) is 3. The molecule has 0 aliphatic heterocycles. The predicted molar refractivity (Wildman–Crippen MR) is 175 cm³/mol. The minimum absolute atomic E-state index is 0.210. The van der Waals surface area contributed by atoms with Gasteiger partial charge in [-0.2, -0.15) is 0 Å². The lowest BCUT2D eigenvalue weighted by molar-refractivity contribution is -0.144. The number of rotatable bonds is 30. The number of nitrogens with one attached hydrogen (secondary N) is 1. The molecule has 0 heterocycles. The Morgan fingerprint density at radius 2 is 1.09 bits per heavy atom. The van der Waals surface area contributed by atoms with Crippen molar-refractivity contribution in [1.82, 2.24) is 15.1 Å². The van der Waals surface area contributed by atoms with Crippen molar-refractivity contribution in [2.75, 3.05) is 66.7 Å². The molecule has 1 N–H and O–H groups in total. The van der Waals surface area contributed by atoms with Crippen LogP contribution in [-0.4, -0.2) is 100 Å². The molecule has 10 nitrogen and oxygen atoms in total. The molecule has 10 heteroatoms. The van der Waals surface area contributed by atoms with Crippen molar-refractivity contribution in [3.05, 3.63) is 12.2 Å². The zero-order valence-corrected chi connectivity index (χ0v) is 28.4. The van der Waals surface area contributed by atoms with Gasteiger partial charge in [0.05, 0.1) is 26.4 Å². The summed E-state index contributed by atoms with van der Waals surface area (Å²) in [6, 6.07) is 0. The van der Waals surface area contributed by atoms with Crippen molar-refractivity contribution in [3.8, 4) is 0 Å². The second-order valence-electron chi connectivity index (χ2n) is 11.5. The van der Waals surface area contributed by atoms with E-state index in [1.54, 1.807) is 4.90 Å². The molecule has 0 atom stereocenters. The Labute approximate surface area is 267 Å². The number of amides is 2. The van der Waals surface area contributed by atoms with E-state index < -0.39 is 0 Å². The first kappa shape index (κ1) is 41.5. The second-order valence-corrected chi connectivity index (χ2v) is 11.5. The quantitative estimate of drug-likeness (QED) is 0.0638. The molecule has 0 aromatic heterocycles. The molecule has 0 radical (unpaired) electrons. The summed E-state index contributed by atoms with van der Waals surface area (Å²) in [5.74, 6) is -1.11. The van der Waals surface area contributed by atoms with E-state index in [-0.39, 0.29) is 37.0 Å². The molecule has 0 aromatic rings. The van der Waals surface area contributed by atoms with Gasteiger partial charge in [0.1, 0.15) is 0 Å². The Morgan fingerprint density at radius 3 is 1.59 bits per heavy atom. The number of esters is 2. The Kier molecular flexibility index (Phi) is 28.9. The van der Waals surface area contributed by atoms with Gasteiger partial charge in [-0.25, -0.2) is 0 Å². The molecule has 256 valence electrons. The van der Waals surface area contributed by atoms with Gasteiger partial charge in [0.25, 0.3) is 0 Å². The van der Waals surface area contributed by atoms with Crippen LogP contribution in [-0.2, 0) is 33.4 Å². The van der Waals surface area contributed by atoms with Crippen molar-refractivity contribution in [2.45, 2.75) is 117 Å². The van der Waals surface area contributed by atoms with Crippen molar-refractivity contribution < 1.29 is 33.4 Å². The highest BCUT2D eigenvalue weighted by molar-refractivity contribution is 5.96. The minimum atomic E-state index is -0.373. The van der Waals surface area contributed by atoms with E-state index in [1.165, 1.54) is 50.7 Å². The van der Waals surface area contributed by atoms with Crippen molar-refractivity contribution >= 4 is 23.8 Å². The highest BCUT2D eigenvalue weighted by atomic mass is 16.5. The fourth-order valence-electron chi connectivity index (χ4n) is 4.37. The summed E-state index contributed by atoms with van der Waals surface area (Å²) in [4.78, 5) is 52.8. The topological polar surface area (TPSA) is 114 Å². The van der Waals surface area contributed by atoms with Gasteiger partial charge in [-0.1, -0.05) is 78.1 Å². The number of carbonyl (C=O) groups is 4. The molecule has 44 heavy (non-hydrogen) atoms. The molecule has 0 fully saturated rings. The van der Waals surface area contributed by atoms with Gasteiger partial charge in [-0.15, -0.1) is 0 Å². The van der Waals surface area contributed by atoms with Crippen LogP contribution >= 0.6 is 0 Å². The fourth-order valence-corrected chi connectivity index (χ4v) is 4.37. The van der Waals surface area contributed by atoms with Crippen LogP contribution in [0.25, 0.3) is 0 Å². The number of hydrogen-bond acceptors (Lipinski definition) is 8. The summed E-state index contributed by atoms with van der Waals surface area (Å²) in [6.45, 7) is 7.65. The van der Waals surface area contributed by atoms with Crippen LogP contribution in [0.2, 0.25) is 0 Å². The molecular weight excluding hydrogens is 562 g/mol. The van der Waals surface area contributed by atoms with Crippen LogP contribution in [0.5, 0.6) is 0 Å². The number of carbonyl (C=O) groups excluding carboxylic acids is 4. The van der Waals surface area contributed by atoms with Gasteiger partial charge in [-0.05, 0) is 39.8 Å². The molecule has 0 aliphatic rings. The van der Waals surface area contributed by atoms with Gasteiger partial charge in [0.2, 0.25) is 11.8 Å². The Hall–Kier alpha value is -2.46. The first-order valence-electron chi connectivity index (χ1n) is 17.1. The first-order chi connectivity index (χ1) is 21.3. The number of likely N-dealkylation sites (N-methyl/N-ethyl adjacent to an activating group) is 1. The van der Waals surface area contributed by atoms with E-state index in [9.17, 15) is 19.2 Å². The highest BCUT2D eigenvalue weighted by Crippen LogP contribution is 2.09. The van der Waals surface area contributed by atoms with Crippen LogP contribution in [0.1, 0.15) is 117 Å². The monoisotopic (exact) mass is 625 g/mol. The molecule has 0 unspecified atom stereocenters. The lowest BCUT2D eigenvalue weighted by Gasteiger charge is -2.21. The maximum atomic E-state index is 12.9. The summed E-state index contributed by atoms with van der Waals surface area (Å²) >= 11 is 0. The lowest BCUT2D eigenvalue weighted by atomic mass is 10.1. The van der Waals surface area contributed by atoms with Gasteiger partial charge in [0.15, 0.2) is 0 Å². The fraction of sp³-hybridized carbons (Fsp3) is 0.824. The number of hydrogen-bond donors (Lipinski definition) is 1. The third kappa shape index (κ3) is 28.3. The normalized spacial score (nSPS) is 11.2. The molecule has 0 rings (SSSR count). The van der Waals surface area contributed by atoms with E-state index in [1.807, 2.05) is 19.0 Å². The summed E-state index contributed by atoms with van der Waals surface area (Å²) in [5.41, 5.74) is 0. The van der Waals surface area contributed by atoms with Gasteiger partial charge in [0, 0.05) is 51.2 Å². The van der Waals surface area contributed by atoms with Crippen LogP contribution in [0, 0.1) is 0 Å². The maximum absolute atomic E-state index is 12.9. The number of unbranched alkanes of at least 4 members (excludes halogenated alkanes) is 10. The van der Waals surface area contributed by atoms with E-state index in [2.05, 4.69) is 19.2 Å². The molecular formula is C34H63N3O7. The molecule has 0 spiro atoms. The molecule has 2 amide bonds. The van der Waals surface area contributed by atoms with Gasteiger partial charge < -0.3 is 29.3 Å². The zero-order valence-electron chi connectivity index (χ0n) is 28.4. The van der Waals surface area contributed by atoms with Crippen molar-refractivity contribution in [2.24, 2.45) is 0 Å². The van der Waals surface area contributed by atoms with E-state index in [0.717, 1.165) is 45.1 Å². The highest BCUT2D eigenvalue weighted by Gasteiger charge is 2.13. The smallest absolute Gasteiger partial charge is 0.305 e.